The Morgan fingerprint density at radius 2 is 2.00 bits per heavy atom. The van der Waals surface area contributed by atoms with Crippen molar-refractivity contribution in [2.45, 2.75) is 24.9 Å². The van der Waals surface area contributed by atoms with Gasteiger partial charge in [0.1, 0.15) is 17.4 Å². The Bertz CT molecular complexity index is 870. The molecule has 2 atom stereocenters. The average Bonchev–Trinajstić information content (AvgIpc) is 2.97. The second kappa shape index (κ2) is 6.23. The Hall–Kier alpha value is -2.83. The first-order chi connectivity index (χ1) is 11.8. The van der Waals surface area contributed by atoms with Crippen LogP contribution in [0.2, 0.25) is 0 Å². The number of alkyl halides is 1. The molecule has 2 unspecified atom stereocenters. The molecule has 7 heteroatoms. The number of carbonyl (C=O) groups is 1. The molecule has 0 radical (unpaired) electrons. The van der Waals surface area contributed by atoms with E-state index in [0.29, 0.717) is 5.56 Å². The van der Waals surface area contributed by atoms with Crippen LogP contribution in [0.4, 0.5) is 13.2 Å². The van der Waals surface area contributed by atoms with E-state index in [1.807, 2.05) is 0 Å². The van der Waals surface area contributed by atoms with Crippen LogP contribution >= 0.6 is 0 Å². The van der Waals surface area contributed by atoms with Gasteiger partial charge in [0.05, 0.1) is 17.5 Å². The highest BCUT2D eigenvalue weighted by atomic mass is 19.2. The van der Waals surface area contributed by atoms with Gasteiger partial charge in [-0.25, -0.2) is 18.2 Å². The monoisotopic (exact) mass is 349 g/mol. The van der Waals surface area contributed by atoms with Gasteiger partial charge in [-0.05, 0) is 37.3 Å². The number of carboxylic acid groups (broad SMARTS) is 1. The summed E-state index contributed by atoms with van der Waals surface area (Å²) in [5, 5.41) is 9.08. The predicted molar refractivity (Wildman–Crippen MR) is 83.8 cm³/mol. The van der Waals surface area contributed by atoms with Gasteiger partial charge >= 0.3 is 5.97 Å². The van der Waals surface area contributed by atoms with Gasteiger partial charge in [-0.3, -0.25) is 4.79 Å². The van der Waals surface area contributed by atoms with Gasteiger partial charge in [0, 0.05) is 5.56 Å². The number of aromatic nitrogens is 1. The minimum absolute atomic E-state index is 0.00340. The number of oxazole rings is 1. The summed E-state index contributed by atoms with van der Waals surface area (Å²) in [5.74, 6) is -2.68. The molecule has 0 fully saturated rings. The summed E-state index contributed by atoms with van der Waals surface area (Å²) in [5.41, 5.74) is -1.14. The third kappa shape index (κ3) is 3.09. The van der Waals surface area contributed by atoms with Crippen LogP contribution in [0.1, 0.15) is 18.4 Å². The lowest BCUT2D eigenvalue weighted by Crippen LogP contribution is -2.34. The highest BCUT2D eigenvalue weighted by molar-refractivity contribution is 5.70. The van der Waals surface area contributed by atoms with Crippen molar-refractivity contribution in [3.8, 4) is 11.5 Å². The van der Waals surface area contributed by atoms with Crippen molar-refractivity contribution in [2.75, 3.05) is 0 Å². The van der Waals surface area contributed by atoms with Crippen LogP contribution < -0.4 is 0 Å². The third-order valence-corrected chi connectivity index (χ3v) is 4.06. The number of allylic oxidation sites excluding steroid dienone is 4. The predicted octanol–water partition coefficient (Wildman–Crippen LogP) is 4.13. The van der Waals surface area contributed by atoms with Crippen LogP contribution in [0, 0.1) is 5.82 Å². The number of hydrogen-bond acceptors (Lipinski definition) is 3. The summed E-state index contributed by atoms with van der Waals surface area (Å²) in [6.07, 6.45) is 1.21. The third-order valence-electron chi connectivity index (χ3n) is 4.06. The first-order valence-electron chi connectivity index (χ1n) is 7.48. The minimum atomic E-state index is -2.03. The first kappa shape index (κ1) is 17.0. The van der Waals surface area contributed by atoms with Gasteiger partial charge in [-0.2, -0.15) is 0 Å². The highest BCUT2D eigenvalue weighted by Gasteiger charge is 2.44. The fourth-order valence-electron chi connectivity index (χ4n) is 2.74. The van der Waals surface area contributed by atoms with E-state index in [1.54, 1.807) is 0 Å². The second-order valence-corrected chi connectivity index (χ2v) is 5.93. The Balaban J connectivity index is 2.12. The molecule has 0 saturated heterocycles. The molecule has 0 bridgehead atoms. The van der Waals surface area contributed by atoms with E-state index in [1.165, 1.54) is 43.3 Å². The van der Waals surface area contributed by atoms with Gasteiger partial charge in [-0.1, -0.05) is 12.2 Å². The fraction of sp³-hybridized carbons (Fsp3) is 0.222. The van der Waals surface area contributed by atoms with E-state index in [4.69, 9.17) is 9.52 Å². The maximum Gasteiger partial charge on any atom is 0.309 e. The number of hydrogen-bond donors (Lipinski definition) is 1. The SMILES string of the molecule is CC1(c2oc(-c3ccc(F)cc3)nc2CC(=O)O)C=CC=C(F)C1F. The van der Waals surface area contributed by atoms with Crippen LogP contribution in [0.5, 0.6) is 0 Å². The molecule has 2 aromatic rings. The zero-order valence-electron chi connectivity index (χ0n) is 13.2. The molecular weight excluding hydrogens is 335 g/mol. The lowest BCUT2D eigenvalue weighted by molar-refractivity contribution is -0.136. The molecular formula is C18H14F3NO3. The normalized spacial score (nSPS) is 22.7. The van der Waals surface area contributed by atoms with Crippen molar-refractivity contribution in [1.82, 2.24) is 4.98 Å². The molecule has 0 saturated carbocycles. The summed E-state index contributed by atoms with van der Waals surface area (Å²) in [6.45, 7) is 1.40. The number of aliphatic carboxylic acids is 1. The van der Waals surface area contributed by atoms with Crippen LogP contribution in [0.3, 0.4) is 0 Å². The van der Waals surface area contributed by atoms with Gasteiger partial charge in [-0.15, -0.1) is 0 Å². The van der Waals surface area contributed by atoms with E-state index in [0.717, 1.165) is 6.08 Å². The number of halogens is 3. The lowest BCUT2D eigenvalue weighted by atomic mass is 9.78. The molecule has 1 aromatic carbocycles. The maximum absolute atomic E-state index is 14.5. The van der Waals surface area contributed by atoms with E-state index in [9.17, 15) is 18.0 Å². The molecule has 1 aliphatic carbocycles. The zero-order chi connectivity index (χ0) is 18.2. The van der Waals surface area contributed by atoms with Crippen molar-refractivity contribution in [1.29, 1.82) is 0 Å². The van der Waals surface area contributed by atoms with Gasteiger partial charge in [0.25, 0.3) is 0 Å². The van der Waals surface area contributed by atoms with E-state index in [2.05, 4.69) is 4.98 Å². The van der Waals surface area contributed by atoms with Crippen molar-refractivity contribution >= 4 is 5.97 Å². The molecule has 1 N–H and O–H groups in total. The highest BCUT2D eigenvalue weighted by Crippen LogP contribution is 2.41. The van der Waals surface area contributed by atoms with Crippen molar-refractivity contribution in [3.05, 3.63) is 65.6 Å². The molecule has 1 aromatic heterocycles. The van der Waals surface area contributed by atoms with Crippen LogP contribution in [0.25, 0.3) is 11.5 Å². The minimum Gasteiger partial charge on any atom is -0.481 e. The maximum atomic E-state index is 14.5. The Labute approximate surface area is 141 Å². The summed E-state index contributed by atoms with van der Waals surface area (Å²) in [6, 6.07) is 5.20. The number of rotatable bonds is 4. The molecule has 0 amide bonds. The average molecular weight is 349 g/mol. The standard InChI is InChI=1S/C18H14F3NO3/c1-18(8-2-3-12(20)15(18)21)16-13(9-14(23)24)22-17(25-16)10-4-6-11(19)7-5-10/h2-8,15H,9H2,1H3,(H,23,24). The van der Waals surface area contributed by atoms with E-state index >= 15 is 0 Å². The topological polar surface area (TPSA) is 63.3 Å². The first-order valence-corrected chi connectivity index (χ1v) is 7.48. The molecule has 4 nitrogen and oxygen atoms in total. The van der Waals surface area contributed by atoms with Crippen molar-refractivity contribution in [2.24, 2.45) is 0 Å². The van der Waals surface area contributed by atoms with Crippen LogP contribution in [-0.4, -0.2) is 22.2 Å². The quantitative estimate of drug-likeness (QED) is 0.902. The zero-order valence-corrected chi connectivity index (χ0v) is 13.2. The van der Waals surface area contributed by atoms with E-state index < -0.39 is 35.6 Å². The molecule has 130 valence electrons. The molecule has 0 spiro atoms. The molecule has 25 heavy (non-hydrogen) atoms. The molecule has 3 rings (SSSR count). The van der Waals surface area contributed by atoms with Gasteiger partial charge < -0.3 is 9.52 Å². The molecule has 0 aliphatic heterocycles. The second-order valence-electron chi connectivity index (χ2n) is 5.93. The van der Waals surface area contributed by atoms with Crippen LogP contribution in [0.15, 0.2) is 52.7 Å². The number of nitrogens with zero attached hydrogens (tertiary/aromatic N) is 1. The van der Waals surface area contributed by atoms with Crippen molar-refractivity contribution in [3.63, 3.8) is 0 Å². The fourth-order valence-corrected chi connectivity index (χ4v) is 2.74. The van der Waals surface area contributed by atoms with Crippen LogP contribution in [-0.2, 0) is 16.6 Å². The molecule has 1 heterocycles. The number of benzene rings is 1. The Kier molecular flexibility index (Phi) is 4.24. The summed E-state index contributed by atoms with van der Waals surface area (Å²) >= 11 is 0. The lowest BCUT2D eigenvalue weighted by Gasteiger charge is -2.29. The smallest absolute Gasteiger partial charge is 0.309 e. The van der Waals surface area contributed by atoms with Crippen molar-refractivity contribution < 1.29 is 27.5 Å². The number of carboxylic acids is 1. The molecule has 1 aliphatic rings. The summed E-state index contributed by atoms with van der Waals surface area (Å²) < 4.78 is 46.9. The van der Waals surface area contributed by atoms with E-state index in [-0.39, 0.29) is 17.3 Å². The largest absolute Gasteiger partial charge is 0.481 e. The Morgan fingerprint density at radius 3 is 2.64 bits per heavy atom. The Morgan fingerprint density at radius 1 is 1.32 bits per heavy atom. The van der Waals surface area contributed by atoms with Gasteiger partial charge in [0.2, 0.25) is 5.89 Å². The van der Waals surface area contributed by atoms with Gasteiger partial charge in [0.15, 0.2) is 6.17 Å². The summed E-state index contributed by atoms with van der Waals surface area (Å²) in [4.78, 5) is 15.2. The summed E-state index contributed by atoms with van der Waals surface area (Å²) in [7, 11) is 0.